The van der Waals surface area contributed by atoms with E-state index in [4.69, 9.17) is 23.2 Å². The van der Waals surface area contributed by atoms with E-state index < -0.39 is 0 Å². The standard InChI is InChI=1S/C17H10Cl2N4/c18-13-9-5-4-8-12(13)16-21-15-10-14(19)20-17(23(15)22-16)11-6-2-1-3-7-11/h1-10H. The van der Waals surface area contributed by atoms with Crippen LogP contribution in [0.3, 0.4) is 0 Å². The van der Waals surface area contributed by atoms with Crippen molar-refractivity contribution >= 4 is 28.8 Å². The second kappa shape index (κ2) is 5.65. The summed E-state index contributed by atoms with van der Waals surface area (Å²) in [5.74, 6) is 1.18. The maximum atomic E-state index is 6.24. The number of halogens is 2. The lowest BCUT2D eigenvalue weighted by atomic mass is 10.2. The van der Waals surface area contributed by atoms with Crippen LogP contribution in [-0.4, -0.2) is 19.6 Å². The Hall–Kier alpha value is -2.43. The average Bonchev–Trinajstić information content (AvgIpc) is 2.99. The topological polar surface area (TPSA) is 43.1 Å². The fraction of sp³-hybridized carbons (Fsp3) is 0. The van der Waals surface area contributed by atoms with E-state index in [1.165, 1.54) is 0 Å². The minimum absolute atomic E-state index is 0.370. The van der Waals surface area contributed by atoms with Crippen LogP contribution in [-0.2, 0) is 0 Å². The fourth-order valence-corrected chi connectivity index (χ4v) is 2.79. The summed E-state index contributed by atoms with van der Waals surface area (Å²) in [7, 11) is 0. The third kappa shape index (κ3) is 2.56. The minimum Gasteiger partial charge on any atom is -0.216 e. The molecular formula is C17H10Cl2N4. The highest BCUT2D eigenvalue weighted by Gasteiger charge is 2.14. The Morgan fingerprint density at radius 2 is 1.57 bits per heavy atom. The van der Waals surface area contributed by atoms with Gasteiger partial charge in [-0.2, -0.15) is 4.52 Å². The molecule has 2 aromatic heterocycles. The molecule has 0 aliphatic rings. The van der Waals surface area contributed by atoms with Crippen molar-refractivity contribution in [1.82, 2.24) is 19.6 Å². The first-order valence-electron chi connectivity index (χ1n) is 6.96. The third-order valence-corrected chi connectivity index (χ3v) is 3.96. The Balaban J connectivity index is 1.98. The zero-order valence-electron chi connectivity index (χ0n) is 11.8. The summed E-state index contributed by atoms with van der Waals surface area (Å²) < 4.78 is 1.68. The van der Waals surface area contributed by atoms with Crippen molar-refractivity contribution in [3.63, 3.8) is 0 Å². The van der Waals surface area contributed by atoms with Crippen molar-refractivity contribution in [2.75, 3.05) is 0 Å². The fourth-order valence-electron chi connectivity index (χ4n) is 2.39. The lowest BCUT2D eigenvalue weighted by molar-refractivity contribution is 0.937. The molecular weight excluding hydrogens is 331 g/mol. The molecule has 2 aromatic carbocycles. The molecule has 0 radical (unpaired) electrons. The van der Waals surface area contributed by atoms with Gasteiger partial charge in [0.2, 0.25) is 0 Å². The lowest BCUT2D eigenvalue weighted by Crippen LogP contribution is -1.98. The number of nitrogens with zero attached hydrogens (tertiary/aromatic N) is 4. The summed E-state index contributed by atoms with van der Waals surface area (Å²) in [5, 5.41) is 5.53. The molecule has 0 aliphatic heterocycles. The number of benzene rings is 2. The van der Waals surface area contributed by atoms with E-state index in [1.54, 1.807) is 10.6 Å². The molecule has 2 heterocycles. The molecule has 0 saturated carbocycles. The molecule has 0 bridgehead atoms. The second-order valence-corrected chi connectivity index (χ2v) is 5.75. The van der Waals surface area contributed by atoms with Crippen molar-refractivity contribution < 1.29 is 0 Å². The minimum atomic E-state index is 0.370. The molecule has 23 heavy (non-hydrogen) atoms. The van der Waals surface area contributed by atoms with Gasteiger partial charge in [0.1, 0.15) is 5.15 Å². The van der Waals surface area contributed by atoms with E-state index in [0.717, 1.165) is 11.1 Å². The number of fused-ring (bicyclic) bond motifs is 1. The molecule has 0 unspecified atom stereocenters. The zero-order chi connectivity index (χ0) is 15.8. The largest absolute Gasteiger partial charge is 0.216 e. The quantitative estimate of drug-likeness (QED) is 0.494. The van der Waals surface area contributed by atoms with E-state index in [0.29, 0.717) is 27.5 Å². The van der Waals surface area contributed by atoms with Crippen molar-refractivity contribution in [1.29, 1.82) is 0 Å². The van der Waals surface area contributed by atoms with Gasteiger partial charge < -0.3 is 0 Å². The molecule has 4 aromatic rings. The average molecular weight is 341 g/mol. The molecule has 0 aliphatic carbocycles. The van der Waals surface area contributed by atoms with Gasteiger partial charge in [-0.25, -0.2) is 9.97 Å². The van der Waals surface area contributed by atoms with Crippen molar-refractivity contribution in [3.05, 3.63) is 70.8 Å². The zero-order valence-corrected chi connectivity index (χ0v) is 13.3. The van der Waals surface area contributed by atoms with Gasteiger partial charge in [0.25, 0.3) is 0 Å². The molecule has 0 spiro atoms. The maximum absolute atomic E-state index is 6.24. The predicted octanol–water partition coefficient (Wildman–Crippen LogP) is 4.77. The maximum Gasteiger partial charge on any atom is 0.183 e. The summed E-state index contributed by atoms with van der Waals surface area (Å²) in [5.41, 5.74) is 2.31. The lowest BCUT2D eigenvalue weighted by Gasteiger charge is -2.03. The van der Waals surface area contributed by atoms with Crippen LogP contribution in [0.15, 0.2) is 60.7 Å². The number of rotatable bonds is 2. The summed E-state index contributed by atoms with van der Waals surface area (Å²) in [6.45, 7) is 0. The normalized spacial score (nSPS) is 11.0. The van der Waals surface area contributed by atoms with Crippen LogP contribution >= 0.6 is 23.2 Å². The van der Waals surface area contributed by atoms with Crippen LogP contribution in [0.25, 0.3) is 28.4 Å². The number of hydrogen-bond donors (Lipinski definition) is 0. The van der Waals surface area contributed by atoms with Crippen LogP contribution in [0, 0.1) is 0 Å². The Morgan fingerprint density at radius 1 is 0.826 bits per heavy atom. The van der Waals surface area contributed by atoms with Crippen molar-refractivity contribution in [3.8, 4) is 22.8 Å². The van der Waals surface area contributed by atoms with Crippen LogP contribution in [0.5, 0.6) is 0 Å². The van der Waals surface area contributed by atoms with Crippen LogP contribution < -0.4 is 0 Å². The Morgan fingerprint density at radius 3 is 2.35 bits per heavy atom. The van der Waals surface area contributed by atoms with Gasteiger partial charge >= 0.3 is 0 Å². The monoisotopic (exact) mass is 340 g/mol. The van der Waals surface area contributed by atoms with Gasteiger partial charge in [0.15, 0.2) is 17.3 Å². The molecule has 0 amide bonds. The highest BCUT2D eigenvalue weighted by Crippen LogP contribution is 2.27. The summed E-state index contributed by atoms with van der Waals surface area (Å²) >= 11 is 12.4. The second-order valence-electron chi connectivity index (χ2n) is 4.95. The number of hydrogen-bond acceptors (Lipinski definition) is 3. The van der Waals surface area contributed by atoms with Crippen LogP contribution in [0.2, 0.25) is 10.2 Å². The van der Waals surface area contributed by atoms with E-state index >= 15 is 0 Å². The molecule has 4 nitrogen and oxygen atoms in total. The molecule has 4 rings (SSSR count). The first kappa shape index (κ1) is 14.2. The Labute approximate surface area is 142 Å². The van der Waals surface area contributed by atoms with Gasteiger partial charge in [-0.05, 0) is 12.1 Å². The van der Waals surface area contributed by atoms with Gasteiger partial charge in [-0.3, -0.25) is 0 Å². The first-order valence-corrected chi connectivity index (χ1v) is 7.71. The van der Waals surface area contributed by atoms with Gasteiger partial charge in [-0.1, -0.05) is 65.7 Å². The SMILES string of the molecule is Clc1cc2nc(-c3ccccc3Cl)nn2c(-c2ccccc2)n1. The smallest absolute Gasteiger partial charge is 0.183 e. The van der Waals surface area contributed by atoms with Crippen molar-refractivity contribution in [2.24, 2.45) is 0 Å². The summed E-state index contributed by atoms with van der Waals surface area (Å²) in [6.07, 6.45) is 0. The Bertz CT molecular complexity index is 996. The summed E-state index contributed by atoms with van der Waals surface area (Å²) in [6, 6.07) is 18.9. The molecule has 0 N–H and O–H groups in total. The first-order chi connectivity index (χ1) is 11.2. The van der Waals surface area contributed by atoms with Gasteiger partial charge in [0.05, 0.1) is 5.02 Å². The molecule has 6 heteroatoms. The molecule has 0 atom stereocenters. The van der Waals surface area contributed by atoms with E-state index in [1.807, 2.05) is 54.6 Å². The van der Waals surface area contributed by atoms with E-state index in [9.17, 15) is 0 Å². The van der Waals surface area contributed by atoms with Crippen LogP contribution in [0.1, 0.15) is 0 Å². The highest BCUT2D eigenvalue weighted by molar-refractivity contribution is 6.33. The molecule has 112 valence electrons. The van der Waals surface area contributed by atoms with Gasteiger partial charge in [0, 0.05) is 17.2 Å². The van der Waals surface area contributed by atoms with E-state index in [2.05, 4.69) is 15.1 Å². The van der Waals surface area contributed by atoms with E-state index in [-0.39, 0.29) is 0 Å². The third-order valence-electron chi connectivity index (χ3n) is 3.44. The van der Waals surface area contributed by atoms with Gasteiger partial charge in [-0.15, -0.1) is 5.10 Å². The predicted molar refractivity (Wildman–Crippen MR) is 91.7 cm³/mol. The number of aromatic nitrogens is 4. The molecule has 0 fully saturated rings. The Kier molecular flexibility index (Phi) is 3.48. The van der Waals surface area contributed by atoms with Crippen LogP contribution in [0.4, 0.5) is 0 Å². The summed E-state index contributed by atoms with van der Waals surface area (Å²) in [4.78, 5) is 8.93. The highest BCUT2D eigenvalue weighted by atomic mass is 35.5. The molecule has 0 saturated heterocycles. The van der Waals surface area contributed by atoms with Crippen molar-refractivity contribution in [2.45, 2.75) is 0 Å².